The van der Waals surface area contributed by atoms with E-state index >= 15 is 0 Å². The molecule has 0 aliphatic heterocycles. The van der Waals surface area contributed by atoms with Crippen LogP contribution in [-0.2, 0) is 0 Å². The second-order valence-corrected chi connectivity index (χ2v) is 4.99. The molecular formula is C12H18BrFN2. The first-order valence-electron chi connectivity index (χ1n) is 5.49. The highest BCUT2D eigenvalue weighted by Crippen LogP contribution is 2.29. The Morgan fingerprint density at radius 1 is 1.50 bits per heavy atom. The molecule has 1 aromatic rings. The molecular weight excluding hydrogens is 271 g/mol. The van der Waals surface area contributed by atoms with Crippen molar-refractivity contribution in [2.45, 2.75) is 32.7 Å². The van der Waals surface area contributed by atoms with E-state index in [4.69, 9.17) is 5.84 Å². The quantitative estimate of drug-likeness (QED) is 0.643. The predicted molar refractivity (Wildman–Crippen MR) is 68.2 cm³/mol. The molecule has 1 aromatic carbocycles. The molecule has 0 fully saturated rings. The number of benzene rings is 1. The highest BCUT2D eigenvalue weighted by atomic mass is 79.9. The number of hydrogen-bond donors (Lipinski definition) is 2. The van der Waals surface area contributed by atoms with Crippen molar-refractivity contribution in [1.82, 2.24) is 5.43 Å². The highest BCUT2D eigenvalue weighted by Gasteiger charge is 2.16. The van der Waals surface area contributed by atoms with Gasteiger partial charge in [-0.05, 0) is 36.1 Å². The summed E-state index contributed by atoms with van der Waals surface area (Å²) >= 11 is 3.42. The lowest BCUT2D eigenvalue weighted by atomic mass is 9.95. The summed E-state index contributed by atoms with van der Waals surface area (Å²) in [4.78, 5) is 0. The minimum Gasteiger partial charge on any atom is -0.271 e. The second-order valence-electron chi connectivity index (χ2n) is 4.13. The Morgan fingerprint density at radius 3 is 2.75 bits per heavy atom. The van der Waals surface area contributed by atoms with Crippen molar-refractivity contribution in [3.8, 4) is 0 Å². The van der Waals surface area contributed by atoms with Crippen LogP contribution >= 0.6 is 15.9 Å². The van der Waals surface area contributed by atoms with Gasteiger partial charge in [0.15, 0.2) is 0 Å². The molecule has 0 spiro atoms. The predicted octanol–water partition coefficient (Wildman–Crippen LogP) is 3.53. The van der Waals surface area contributed by atoms with Gasteiger partial charge in [-0.2, -0.15) is 0 Å². The Balaban J connectivity index is 2.89. The maximum atomic E-state index is 13.2. The van der Waals surface area contributed by atoms with Crippen LogP contribution in [-0.4, -0.2) is 0 Å². The maximum Gasteiger partial charge on any atom is 0.123 e. The fourth-order valence-corrected chi connectivity index (χ4v) is 2.16. The first-order chi connectivity index (χ1) is 7.58. The average Bonchev–Trinajstić information content (AvgIpc) is 2.29. The van der Waals surface area contributed by atoms with Crippen LogP contribution in [0.15, 0.2) is 22.7 Å². The fraction of sp³-hybridized carbons (Fsp3) is 0.500. The molecule has 0 saturated carbocycles. The molecule has 0 aliphatic carbocycles. The maximum absolute atomic E-state index is 13.2. The molecule has 1 rings (SSSR count). The average molecular weight is 289 g/mol. The van der Waals surface area contributed by atoms with Gasteiger partial charge in [0.05, 0.1) is 0 Å². The van der Waals surface area contributed by atoms with E-state index in [2.05, 4.69) is 35.2 Å². The lowest BCUT2D eigenvalue weighted by Gasteiger charge is -2.21. The number of hydrogen-bond acceptors (Lipinski definition) is 2. The molecule has 0 amide bonds. The normalized spacial score (nSPS) is 14.8. The first kappa shape index (κ1) is 13.6. The summed E-state index contributed by atoms with van der Waals surface area (Å²) in [5.74, 6) is 5.85. The van der Waals surface area contributed by atoms with E-state index in [-0.39, 0.29) is 11.9 Å². The van der Waals surface area contributed by atoms with Crippen molar-refractivity contribution in [2.75, 3.05) is 0 Å². The van der Waals surface area contributed by atoms with Crippen LogP contribution in [0.2, 0.25) is 0 Å². The van der Waals surface area contributed by atoms with Crippen molar-refractivity contribution >= 4 is 15.9 Å². The van der Waals surface area contributed by atoms with Crippen LogP contribution in [0.1, 0.15) is 38.3 Å². The van der Waals surface area contributed by atoms with Gasteiger partial charge in [-0.1, -0.05) is 36.2 Å². The zero-order chi connectivity index (χ0) is 12.1. The van der Waals surface area contributed by atoms with Gasteiger partial charge >= 0.3 is 0 Å². The van der Waals surface area contributed by atoms with Crippen LogP contribution in [0.25, 0.3) is 0 Å². The van der Waals surface area contributed by atoms with Gasteiger partial charge in [0.1, 0.15) is 5.82 Å². The number of rotatable bonds is 5. The van der Waals surface area contributed by atoms with Crippen molar-refractivity contribution in [3.05, 3.63) is 34.1 Å². The smallest absolute Gasteiger partial charge is 0.123 e. The Hall–Kier alpha value is -0.450. The number of hydrazine groups is 1. The summed E-state index contributed by atoms with van der Waals surface area (Å²) in [6.07, 6.45) is 1.99. The molecule has 0 heterocycles. The molecule has 0 aliphatic rings. The van der Waals surface area contributed by atoms with Crippen LogP contribution in [0.4, 0.5) is 4.39 Å². The lowest BCUT2D eigenvalue weighted by Crippen LogP contribution is -2.29. The van der Waals surface area contributed by atoms with Gasteiger partial charge in [-0.15, -0.1) is 0 Å². The third kappa shape index (κ3) is 3.54. The zero-order valence-corrected chi connectivity index (χ0v) is 11.2. The molecule has 3 N–H and O–H groups in total. The molecule has 16 heavy (non-hydrogen) atoms. The third-order valence-electron chi connectivity index (χ3n) is 2.87. The molecule has 2 unspecified atom stereocenters. The zero-order valence-electron chi connectivity index (χ0n) is 9.63. The van der Waals surface area contributed by atoms with Gasteiger partial charge in [0, 0.05) is 10.5 Å². The Morgan fingerprint density at radius 2 is 2.19 bits per heavy atom. The van der Waals surface area contributed by atoms with E-state index < -0.39 is 0 Å². The van der Waals surface area contributed by atoms with Crippen molar-refractivity contribution < 1.29 is 4.39 Å². The number of halogens is 2. The van der Waals surface area contributed by atoms with Crippen molar-refractivity contribution in [3.63, 3.8) is 0 Å². The molecule has 4 heteroatoms. The summed E-state index contributed by atoms with van der Waals surface area (Å²) in [5, 5.41) is 0. The van der Waals surface area contributed by atoms with Crippen LogP contribution in [0.5, 0.6) is 0 Å². The third-order valence-corrected chi connectivity index (χ3v) is 3.59. The standard InChI is InChI=1S/C12H18BrFN2/c1-3-8(2)6-12(16-15)10-7-9(14)4-5-11(10)13/h4-5,7-8,12,16H,3,6,15H2,1-2H3. The molecule has 2 atom stereocenters. The van der Waals surface area contributed by atoms with Gasteiger partial charge in [0.2, 0.25) is 0 Å². The number of nitrogens with two attached hydrogens (primary N) is 1. The Bertz CT molecular complexity index is 344. The summed E-state index contributed by atoms with van der Waals surface area (Å²) in [6, 6.07) is 4.66. The van der Waals surface area contributed by atoms with Gasteiger partial charge < -0.3 is 0 Å². The Labute approximate surface area is 105 Å². The summed E-state index contributed by atoms with van der Waals surface area (Å²) in [7, 11) is 0. The van der Waals surface area contributed by atoms with Crippen LogP contribution in [0, 0.1) is 11.7 Å². The largest absolute Gasteiger partial charge is 0.271 e. The molecule has 0 saturated heterocycles. The first-order valence-corrected chi connectivity index (χ1v) is 6.28. The summed E-state index contributed by atoms with van der Waals surface area (Å²) in [5.41, 5.74) is 3.63. The minimum absolute atomic E-state index is 0.0139. The monoisotopic (exact) mass is 288 g/mol. The molecule has 0 radical (unpaired) electrons. The van der Waals surface area contributed by atoms with E-state index in [1.54, 1.807) is 6.07 Å². The van der Waals surface area contributed by atoms with E-state index in [1.807, 2.05) is 0 Å². The van der Waals surface area contributed by atoms with E-state index in [9.17, 15) is 4.39 Å². The Kier molecular flexibility index (Phi) is 5.38. The summed E-state index contributed by atoms with van der Waals surface area (Å²) in [6.45, 7) is 4.30. The van der Waals surface area contributed by atoms with Gasteiger partial charge in [-0.3, -0.25) is 11.3 Å². The van der Waals surface area contributed by atoms with Crippen molar-refractivity contribution in [2.24, 2.45) is 11.8 Å². The van der Waals surface area contributed by atoms with E-state index in [0.29, 0.717) is 5.92 Å². The highest BCUT2D eigenvalue weighted by molar-refractivity contribution is 9.10. The second kappa shape index (κ2) is 6.33. The SMILES string of the molecule is CCC(C)CC(NN)c1cc(F)ccc1Br. The molecule has 90 valence electrons. The summed E-state index contributed by atoms with van der Waals surface area (Å²) < 4.78 is 14.1. The van der Waals surface area contributed by atoms with Crippen LogP contribution < -0.4 is 11.3 Å². The fourth-order valence-electron chi connectivity index (χ4n) is 1.64. The number of nitrogens with one attached hydrogen (secondary N) is 1. The van der Waals surface area contributed by atoms with Crippen molar-refractivity contribution in [1.29, 1.82) is 0 Å². The van der Waals surface area contributed by atoms with E-state index in [0.717, 1.165) is 22.9 Å². The molecule has 0 bridgehead atoms. The molecule has 0 aromatic heterocycles. The minimum atomic E-state index is -0.234. The van der Waals surface area contributed by atoms with Gasteiger partial charge in [0.25, 0.3) is 0 Å². The van der Waals surface area contributed by atoms with Crippen LogP contribution in [0.3, 0.4) is 0 Å². The van der Waals surface area contributed by atoms with Gasteiger partial charge in [-0.25, -0.2) is 4.39 Å². The molecule has 2 nitrogen and oxygen atoms in total. The lowest BCUT2D eigenvalue weighted by molar-refractivity contribution is 0.405. The van der Waals surface area contributed by atoms with E-state index in [1.165, 1.54) is 12.1 Å². The topological polar surface area (TPSA) is 38.0 Å².